The van der Waals surface area contributed by atoms with Crippen LogP contribution in [0.2, 0.25) is 0 Å². The first-order valence-corrected chi connectivity index (χ1v) is 26.6. The summed E-state index contributed by atoms with van der Waals surface area (Å²) in [5.74, 6) is 1.68. The number of hydrogen-bond donors (Lipinski definition) is 0. The zero-order chi connectivity index (χ0) is 49.4. The molecule has 0 amide bonds. The van der Waals surface area contributed by atoms with Gasteiger partial charge in [-0.2, -0.15) is 0 Å². The van der Waals surface area contributed by atoms with Crippen LogP contribution in [0.15, 0.2) is 249 Å². The second kappa shape index (κ2) is 14.6. The normalized spacial score (nSPS) is 15.7. The zero-order valence-corrected chi connectivity index (χ0v) is 41.7. The molecule has 0 fully saturated rings. The van der Waals surface area contributed by atoms with Crippen molar-refractivity contribution in [2.45, 2.75) is 36.0 Å². The number of benzene rings is 12. The van der Waals surface area contributed by atoms with E-state index in [1.54, 1.807) is 0 Å². The van der Waals surface area contributed by atoms with Gasteiger partial charge in [0.15, 0.2) is 0 Å². The van der Waals surface area contributed by atoms with E-state index in [9.17, 15) is 0 Å². The van der Waals surface area contributed by atoms with Crippen molar-refractivity contribution >= 4 is 21.5 Å². The number of hydrogen-bond acceptors (Lipinski definition) is 1. The number of fused-ring (bicyclic) bond motifs is 26. The molecular formula is C74H48O. The van der Waals surface area contributed by atoms with E-state index >= 15 is 0 Å². The molecule has 0 bridgehead atoms. The molecule has 75 heavy (non-hydrogen) atoms. The predicted octanol–water partition coefficient (Wildman–Crippen LogP) is 18.3. The van der Waals surface area contributed by atoms with Crippen molar-refractivity contribution in [1.82, 2.24) is 0 Å². The molecule has 1 nitrogen and oxygen atoms in total. The third-order valence-corrected chi connectivity index (χ3v) is 18.5. The smallest absolute Gasteiger partial charge is 0.140 e. The van der Waals surface area contributed by atoms with Gasteiger partial charge >= 0.3 is 0 Å². The Labute approximate surface area is 437 Å². The molecule has 0 N–H and O–H groups in total. The van der Waals surface area contributed by atoms with E-state index in [0.29, 0.717) is 0 Å². The van der Waals surface area contributed by atoms with Crippen molar-refractivity contribution < 1.29 is 4.74 Å². The Kier molecular flexibility index (Phi) is 8.06. The maximum atomic E-state index is 7.42. The first-order valence-electron chi connectivity index (χ1n) is 26.6. The van der Waals surface area contributed by atoms with Crippen LogP contribution < -0.4 is 4.74 Å². The number of rotatable bonds is 3. The Bertz CT molecular complexity index is 4380. The van der Waals surface area contributed by atoms with Crippen molar-refractivity contribution in [3.8, 4) is 56.0 Å². The van der Waals surface area contributed by atoms with Crippen molar-refractivity contribution in [1.29, 1.82) is 0 Å². The van der Waals surface area contributed by atoms with Crippen molar-refractivity contribution in [2.24, 2.45) is 0 Å². The van der Waals surface area contributed by atoms with Crippen molar-refractivity contribution in [3.63, 3.8) is 0 Å². The average Bonchev–Trinajstić information content (AvgIpc) is 4.13. The fourth-order valence-corrected chi connectivity index (χ4v) is 15.7. The summed E-state index contributed by atoms with van der Waals surface area (Å²) in [6.07, 6.45) is 0. The molecule has 4 aliphatic carbocycles. The summed E-state index contributed by atoms with van der Waals surface area (Å²) in [6.45, 7) is 4.83. The molecule has 0 radical (unpaired) electrons. The zero-order valence-electron chi connectivity index (χ0n) is 41.7. The number of ether oxygens (including phenoxy) is 1. The van der Waals surface area contributed by atoms with Gasteiger partial charge in [-0.05, 0) is 116 Å². The molecule has 12 aromatic rings. The molecule has 1 unspecified atom stereocenters. The van der Waals surface area contributed by atoms with E-state index in [-0.39, 0.29) is 11.3 Å². The highest BCUT2D eigenvalue weighted by Crippen LogP contribution is 2.68. The summed E-state index contributed by atoms with van der Waals surface area (Å²) < 4.78 is 7.42. The van der Waals surface area contributed by atoms with Gasteiger partial charge < -0.3 is 4.74 Å². The topological polar surface area (TPSA) is 9.23 Å². The molecule has 1 aliphatic heterocycles. The summed E-state index contributed by atoms with van der Waals surface area (Å²) >= 11 is 0. The predicted molar refractivity (Wildman–Crippen MR) is 307 cm³/mol. The molecule has 1 heterocycles. The van der Waals surface area contributed by atoms with Crippen LogP contribution in [0.25, 0.3) is 66.1 Å². The van der Waals surface area contributed by atoms with Gasteiger partial charge in [-0.3, -0.25) is 0 Å². The lowest BCUT2D eigenvalue weighted by atomic mass is 9.65. The molecule has 0 aromatic heterocycles. The maximum absolute atomic E-state index is 7.42. The van der Waals surface area contributed by atoms with E-state index in [0.717, 1.165) is 22.3 Å². The fraction of sp³-hybridized carbons (Fsp3) is 0.0811. The highest BCUT2D eigenvalue weighted by atomic mass is 16.5. The minimum absolute atomic E-state index is 0.183. The third-order valence-electron chi connectivity index (χ3n) is 18.5. The van der Waals surface area contributed by atoms with Crippen LogP contribution in [0.5, 0.6) is 11.5 Å². The maximum Gasteiger partial charge on any atom is 0.140 e. The lowest BCUT2D eigenvalue weighted by Crippen LogP contribution is -2.32. The van der Waals surface area contributed by atoms with Gasteiger partial charge in [0.2, 0.25) is 0 Å². The van der Waals surface area contributed by atoms with Crippen molar-refractivity contribution in [3.05, 3.63) is 321 Å². The van der Waals surface area contributed by atoms with Crippen LogP contribution in [0.3, 0.4) is 0 Å². The van der Waals surface area contributed by atoms with Gasteiger partial charge in [-0.1, -0.05) is 263 Å². The molecule has 350 valence electrons. The highest BCUT2D eigenvalue weighted by Gasteiger charge is 2.55. The fourth-order valence-electron chi connectivity index (χ4n) is 15.7. The standard InChI is InChI=1S/C74H48O/c1-72(2)56-32-12-9-26-50(56)67-53(29-17-37-61(67)72)66(54-30-18-38-62-68(54)51-27-10-15-35-59(51)73(62)57-33-13-7-24-48(57)49-25-8-14-34-58(49)73)55-31-19-39-63-69(55)52-28-11-16-36-60(52)74(63)64-42-40-44-20-3-5-22-46(44)70(64)75-71-47-23-6-4-21-45(47)41-43-65(71)74/h3-43,66H,1-2H3. The summed E-state index contributed by atoms with van der Waals surface area (Å²) in [5, 5.41) is 4.58. The lowest BCUT2D eigenvalue weighted by molar-refractivity contribution is 0.447. The Morgan fingerprint density at radius 3 is 1.08 bits per heavy atom. The average molecular weight is 953 g/mol. The highest BCUT2D eigenvalue weighted by molar-refractivity contribution is 6.02. The van der Waals surface area contributed by atoms with E-state index in [4.69, 9.17) is 4.74 Å². The van der Waals surface area contributed by atoms with Gasteiger partial charge in [0.25, 0.3) is 0 Å². The molecule has 2 spiro atoms. The van der Waals surface area contributed by atoms with Gasteiger partial charge in [0.05, 0.1) is 10.8 Å². The summed E-state index contributed by atoms with van der Waals surface area (Å²) in [6, 6.07) is 94.8. The summed E-state index contributed by atoms with van der Waals surface area (Å²) in [7, 11) is 0. The monoisotopic (exact) mass is 952 g/mol. The second-order valence-corrected chi connectivity index (χ2v) is 22.0. The largest absolute Gasteiger partial charge is 0.455 e. The second-order valence-electron chi connectivity index (χ2n) is 22.0. The van der Waals surface area contributed by atoms with Crippen LogP contribution in [-0.2, 0) is 16.2 Å². The molecular weight excluding hydrogens is 905 g/mol. The lowest BCUT2D eigenvalue weighted by Gasteiger charge is -2.40. The van der Waals surface area contributed by atoms with Crippen LogP contribution in [0.4, 0.5) is 0 Å². The minimum atomic E-state index is -0.691. The first kappa shape index (κ1) is 41.4. The SMILES string of the molecule is CC1(C)c2ccccc2-c2c(C(c3cccc4c3-c3ccccc3C43c4ccccc4-c4ccccc43)c3cccc4c3-c3ccccc3C43c4ccc5ccccc5c4Oc4c3ccc3ccccc43)cccc21. The molecule has 17 rings (SSSR count). The van der Waals surface area contributed by atoms with Crippen LogP contribution in [0, 0.1) is 0 Å². The molecule has 5 aliphatic rings. The van der Waals surface area contributed by atoms with Gasteiger partial charge in [0.1, 0.15) is 11.5 Å². The van der Waals surface area contributed by atoms with E-state index in [2.05, 4.69) is 263 Å². The summed E-state index contributed by atoms with van der Waals surface area (Å²) in [5.41, 5.74) is 26.3. The first-order chi connectivity index (χ1) is 37.0. The van der Waals surface area contributed by atoms with Crippen LogP contribution in [-0.4, -0.2) is 0 Å². The molecule has 0 saturated heterocycles. The molecule has 12 aromatic carbocycles. The van der Waals surface area contributed by atoms with E-state index in [1.165, 1.54) is 128 Å². The Balaban J connectivity index is 1.03. The quantitative estimate of drug-likeness (QED) is 0.160. The van der Waals surface area contributed by atoms with E-state index in [1.807, 2.05) is 0 Å². The Hall–Kier alpha value is -9.04. The van der Waals surface area contributed by atoms with Crippen molar-refractivity contribution in [2.75, 3.05) is 0 Å². The van der Waals surface area contributed by atoms with Gasteiger partial charge in [0, 0.05) is 33.2 Å². The van der Waals surface area contributed by atoms with Crippen LogP contribution in [0.1, 0.15) is 92.1 Å². The molecule has 1 heteroatoms. The Morgan fingerprint density at radius 1 is 0.267 bits per heavy atom. The Morgan fingerprint density at radius 2 is 0.600 bits per heavy atom. The third kappa shape index (κ3) is 4.96. The molecule has 1 atom stereocenters. The van der Waals surface area contributed by atoms with Gasteiger partial charge in [-0.25, -0.2) is 0 Å². The van der Waals surface area contributed by atoms with E-state index < -0.39 is 10.8 Å². The summed E-state index contributed by atoms with van der Waals surface area (Å²) in [4.78, 5) is 0. The minimum Gasteiger partial charge on any atom is -0.455 e. The molecule has 0 saturated carbocycles. The van der Waals surface area contributed by atoms with Crippen LogP contribution >= 0.6 is 0 Å². The van der Waals surface area contributed by atoms with Gasteiger partial charge in [-0.15, -0.1) is 0 Å².